The maximum absolute atomic E-state index is 13.1. The second kappa shape index (κ2) is 7.69. The van der Waals surface area contributed by atoms with Gasteiger partial charge in [-0.05, 0) is 12.5 Å². The lowest BCUT2D eigenvalue weighted by Gasteiger charge is -2.43. The smallest absolute Gasteiger partial charge is 0.266 e. The lowest BCUT2D eigenvalue weighted by Crippen LogP contribution is -2.54. The molecule has 3 aliphatic rings. The molecule has 2 saturated heterocycles. The minimum Gasteiger partial charge on any atom is -0.496 e. The van der Waals surface area contributed by atoms with Crippen LogP contribution in [-0.2, 0) is 19.1 Å². The zero-order valence-corrected chi connectivity index (χ0v) is 17.0. The standard InChI is InChI=1S/C20H23N3O7/c1-28-14-7-11(22-8-10(9-22)20(29-2)30-3)6-12-16(14)19(27)23(18(12)26)13-4-5-15(24)21-17(13)25/h6-7,10,13,20H,4-5,8-9H2,1-3H3,(H,21,24,25). The Kier molecular flexibility index (Phi) is 5.20. The first-order chi connectivity index (χ1) is 14.4. The van der Waals surface area contributed by atoms with Crippen molar-refractivity contribution in [3.05, 3.63) is 23.3 Å². The molecule has 3 heterocycles. The van der Waals surface area contributed by atoms with E-state index in [0.717, 1.165) is 10.6 Å². The molecule has 0 spiro atoms. The lowest BCUT2D eigenvalue weighted by atomic mass is 9.97. The van der Waals surface area contributed by atoms with Crippen molar-refractivity contribution in [2.24, 2.45) is 5.92 Å². The number of carbonyl (C=O) groups is 4. The lowest BCUT2D eigenvalue weighted by molar-refractivity contribution is -0.142. The Bertz CT molecular complexity index is 921. The van der Waals surface area contributed by atoms with Gasteiger partial charge < -0.3 is 19.1 Å². The van der Waals surface area contributed by atoms with Crippen LogP contribution in [-0.4, -0.2) is 75.3 Å². The van der Waals surface area contributed by atoms with Crippen molar-refractivity contribution in [2.75, 3.05) is 39.3 Å². The highest BCUT2D eigenvalue weighted by molar-refractivity contribution is 6.25. The molecular formula is C20H23N3O7. The number of nitrogens with one attached hydrogen (secondary N) is 1. The number of hydrogen-bond acceptors (Lipinski definition) is 8. The Balaban J connectivity index is 1.61. The van der Waals surface area contributed by atoms with E-state index in [-0.39, 0.29) is 41.9 Å². The van der Waals surface area contributed by atoms with Crippen LogP contribution < -0.4 is 15.0 Å². The summed E-state index contributed by atoms with van der Waals surface area (Å²) in [6.07, 6.45) is -0.139. The van der Waals surface area contributed by atoms with Gasteiger partial charge in [-0.1, -0.05) is 0 Å². The highest BCUT2D eigenvalue weighted by atomic mass is 16.7. The Morgan fingerprint density at radius 1 is 1.03 bits per heavy atom. The van der Waals surface area contributed by atoms with E-state index in [1.165, 1.54) is 7.11 Å². The summed E-state index contributed by atoms with van der Waals surface area (Å²) in [5.41, 5.74) is 1.07. The first-order valence-corrected chi connectivity index (χ1v) is 9.63. The SMILES string of the molecule is COc1cc(N2CC(C(OC)OC)C2)cc2c1C(=O)N(C1CCC(=O)NC1=O)C2=O. The third-order valence-electron chi connectivity index (χ3n) is 5.83. The van der Waals surface area contributed by atoms with Gasteiger partial charge in [0.1, 0.15) is 11.8 Å². The summed E-state index contributed by atoms with van der Waals surface area (Å²) in [6.45, 7) is 1.32. The predicted molar refractivity (Wildman–Crippen MR) is 103 cm³/mol. The van der Waals surface area contributed by atoms with Gasteiger partial charge >= 0.3 is 0 Å². The summed E-state index contributed by atoms with van der Waals surface area (Å²) in [7, 11) is 4.60. The zero-order valence-electron chi connectivity index (χ0n) is 17.0. The van der Waals surface area contributed by atoms with Crippen molar-refractivity contribution in [3.63, 3.8) is 0 Å². The molecule has 4 rings (SSSR count). The number of rotatable bonds is 6. The third-order valence-corrected chi connectivity index (χ3v) is 5.83. The monoisotopic (exact) mass is 417 g/mol. The van der Waals surface area contributed by atoms with Gasteiger partial charge in [0.05, 0.1) is 18.2 Å². The number of methoxy groups -OCH3 is 3. The zero-order chi connectivity index (χ0) is 21.6. The minimum atomic E-state index is -1.01. The number of piperidine rings is 1. The first kappa shape index (κ1) is 20.3. The molecule has 0 saturated carbocycles. The van der Waals surface area contributed by atoms with Crippen molar-refractivity contribution in [1.82, 2.24) is 10.2 Å². The molecule has 1 unspecified atom stereocenters. The average molecular weight is 417 g/mol. The number of ether oxygens (including phenoxy) is 3. The molecule has 10 heteroatoms. The molecular weight excluding hydrogens is 394 g/mol. The number of hydrogen-bond donors (Lipinski definition) is 1. The summed E-state index contributed by atoms with van der Waals surface area (Å²) in [5, 5.41) is 2.19. The van der Waals surface area contributed by atoms with E-state index >= 15 is 0 Å². The van der Waals surface area contributed by atoms with Crippen molar-refractivity contribution >= 4 is 29.3 Å². The van der Waals surface area contributed by atoms with Gasteiger partial charge in [0.15, 0.2) is 6.29 Å². The second-order valence-corrected chi connectivity index (χ2v) is 7.52. The Hall–Kier alpha value is -2.98. The van der Waals surface area contributed by atoms with Crippen molar-refractivity contribution in [2.45, 2.75) is 25.2 Å². The molecule has 0 radical (unpaired) electrons. The molecule has 1 atom stereocenters. The second-order valence-electron chi connectivity index (χ2n) is 7.52. The molecule has 1 N–H and O–H groups in total. The van der Waals surface area contributed by atoms with E-state index in [9.17, 15) is 19.2 Å². The van der Waals surface area contributed by atoms with Crippen LogP contribution in [0.15, 0.2) is 12.1 Å². The quantitative estimate of drug-likeness (QED) is 0.514. The molecule has 160 valence electrons. The fourth-order valence-electron chi connectivity index (χ4n) is 4.26. The van der Waals surface area contributed by atoms with E-state index in [1.807, 2.05) is 4.90 Å². The summed E-state index contributed by atoms with van der Waals surface area (Å²) in [5.74, 6) is -1.76. The molecule has 1 aromatic rings. The topological polar surface area (TPSA) is 114 Å². The molecule has 3 aliphatic heterocycles. The number of anilines is 1. The number of nitrogens with zero attached hydrogens (tertiary/aromatic N) is 2. The van der Waals surface area contributed by atoms with Gasteiger partial charge in [0.25, 0.3) is 11.8 Å². The van der Waals surface area contributed by atoms with Crippen LogP contribution in [0.2, 0.25) is 0 Å². The molecule has 2 fully saturated rings. The summed E-state index contributed by atoms with van der Waals surface area (Å²) < 4.78 is 16.0. The predicted octanol–water partition coefficient (Wildman–Crippen LogP) is 0.152. The number of benzene rings is 1. The largest absolute Gasteiger partial charge is 0.496 e. The van der Waals surface area contributed by atoms with Crippen LogP contribution in [0.25, 0.3) is 0 Å². The van der Waals surface area contributed by atoms with Crippen LogP contribution in [0, 0.1) is 5.92 Å². The molecule has 10 nitrogen and oxygen atoms in total. The van der Waals surface area contributed by atoms with Crippen LogP contribution in [0.4, 0.5) is 5.69 Å². The number of carbonyl (C=O) groups excluding carboxylic acids is 4. The normalized spacial score (nSPS) is 21.8. The third kappa shape index (κ3) is 3.12. The van der Waals surface area contributed by atoms with E-state index in [2.05, 4.69) is 5.32 Å². The van der Waals surface area contributed by atoms with Gasteiger partial charge in [-0.15, -0.1) is 0 Å². The summed E-state index contributed by atoms with van der Waals surface area (Å²) in [6, 6.07) is 2.35. The number of amides is 4. The molecule has 1 aromatic carbocycles. The molecule has 4 amide bonds. The van der Waals surface area contributed by atoms with Crippen LogP contribution in [0.1, 0.15) is 33.6 Å². The van der Waals surface area contributed by atoms with Crippen LogP contribution in [0.3, 0.4) is 0 Å². The van der Waals surface area contributed by atoms with Gasteiger partial charge in [-0.3, -0.25) is 29.4 Å². The number of imide groups is 2. The fourth-order valence-corrected chi connectivity index (χ4v) is 4.26. The first-order valence-electron chi connectivity index (χ1n) is 9.63. The van der Waals surface area contributed by atoms with E-state index in [0.29, 0.717) is 13.1 Å². The maximum Gasteiger partial charge on any atom is 0.266 e. The van der Waals surface area contributed by atoms with E-state index < -0.39 is 29.7 Å². The van der Waals surface area contributed by atoms with Gasteiger partial charge in [0, 0.05) is 51.4 Å². The minimum absolute atomic E-state index is 0.0710. The Labute approximate surface area is 173 Å². The van der Waals surface area contributed by atoms with Crippen molar-refractivity contribution in [3.8, 4) is 5.75 Å². The van der Waals surface area contributed by atoms with Gasteiger partial charge in [-0.25, -0.2) is 0 Å². The van der Waals surface area contributed by atoms with E-state index in [4.69, 9.17) is 14.2 Å². The highest BCUT2D eigenvalue weighted by Crippen LogP contribution is 2.39. The fraction of sp³-hybridized carbons (Fsp3) is 0.500. The molecule has 0 bridgehead atoms. The van der Waals surface area contributed by atoms with Gasteiger partial charge in [0.2, 0.25) is 11.8 Å². The van der Waals surface area contributed by atoms with E-state index in [1.54, 1.807) is 26.4 Å². The maximum atomic E-state index is 13.1. The number of fused-ring (bicyclic) bond motifs is 1. The average Bonchev–Trinajstić information content (AvgIpc) is 2.94. The van der Waals surface area contributed by atoms with Crippen molar-refractivity contribution in [1.29, 1.82) is 0 Å². The molecule has 0 aromatic heterocycles. The van der Waals surface area contributed by atoms with Gasteiger partial charge in [-0.2, -0.15) is 0 Å². The Morgan fingerprint density at radius 3 is 2.33 bits per heavy atom. The van der Waals surface area contributed by atoms with Crippen LogP contribution in [0.5, 0.6) is 5.75 Å². The summed E-state index contributed by atoms with van der Waals surface area (Å²) in [4.78, 5) is 52.7. The summed E-state index contributed by atoms with van der Waals surface area (Å²) >= 11 is 0. The highest BCUT2D eigenvalue weighted by Gasteiger charge is 2.47. The van der Waals surface area contributed by atoms with Crippen molar-refractivity contribution < 1.29 is 33.4 Å². The molecule has 30 heavy (non-hydrogen) atoms. The Morgan fingerprint density at radius 2 is 1.73 bits per heavy atom. The van der Waals surface area contributed by atoms with Crippen LogP contribution >= 0.6 is 0 Å². The molecule has 0 aliphatic carbocycles.